The lowest BCUT2D eigenvalue weighted by Crippen LogP contribution is -2.43. The second-order valence-corrected chi connectivity index (χ2v) is 8.38. The van der Waals surface area contributed by atoms with Gasteiger partial charge in [-0.3, -0.25) is 18.7 Å². The number of nitrogens with two attached hydrogens (primary N) is 1. The Morgan fingerprint density at radius 2 is 1.82 bits per heavy atom. The fourth-order valence-electron chi connectivity index (χ4n) is 3.17. The number of anilines is 1. The van der Waals surface area contributed by atoms with Crippen LogP contribution in [0.3, 0.4) is 0 Å². The monoisotopic (exact) mass is 495 g/mol. The summed E-state index contributed by atoms with van der Waals surface area (Å²) in [5, 5.41) is 0.150. The van der Waals surface area contributed by atoms with Crippen LogP contribution in [-0.4, -0.2) is 40.7 Å². The molecular weight excluding hydrogens is 466 g/mol. The van der Waals surface area contributed by atoms with Crippen LogP contribution in [0, 0.1) is 5.92 Å². The molecule has 0 aliphatic carbocycles. The topological polar surface area (TPSA) is 132 Å². The summed E-state index contributed by atoms with van der Waals surface area (Å²) >= 11 is 6.27. The van der Waals surface area contributed by atoms with E-state index >= 15 is 0 Å². The molecule has 1 aromatic carbocycles. The number of esters is 1. The summed E-state index contributed by atoms with van der Waals surface area (Å²) in [6.07, 6.45) is 0.751. The number of nitrogens with zero attached hydrogens (tertiary/aromatic N) is 2. The zero-order chi connectivity index (χ0) is 25.6. The van der Waals surface area contributed by atoms with Gasteiger partial charge in [-0.05, 0) is 31.4 Å². The Morgan fingerprint density at radius 1 is 1.15 bits per heavy atom. The average molecular weight is 496 g/mol. The maximum absolute atomic E-state index is 12.8. The lowest BCUT2D eigenvalue weighted by atomic mass is 10.1. The SMILES string of the molecule is CCCOc1c(Cl)cc(C(=O)OCC(=O)c2c(N)n(CC(C)C)c(=O)n(C)c2=O)cc1OCC. The predicted molar refractivity (Wildman–Crippen MR) is 128 cm³/mol. The lowest BCUT2D eigenvalue weighted by molar-refractivity contribution is 0.0473. The molecule has 186 valence electrons. The van der Waals surface area contributed by atoms with E-state index in [4.69, 9.17) is 31.5 Å². The molecule has 11 heteroatoms. The van der Waals surface area contributed by atoms with E-state index in [1.54, 1.807) is 6.92 Å². The summed E-state index contributed by atoms with van der Waals surface area (Å²) in [4.78, 5) is 50.3. The Balaban J connectivity index is 2.30. The molecule has 0 spiro atoms. The first-order valence-electron chi connectivity index (χ1n) is 10.9. The van der Waals surface area contributed by atoms with Crippen molar-refractivity contribution in [3.63, 3.8) is 0 Å². The molecule has 0 radical (unpaired) electrons. The second-order valence-electron chi connectivity index (χ2n) is 7.98. The van der Waals surface area contributed by atoms with Gasteiger partial charge >= 0.3 is 11.7 Å². The van der Waals surface area contributed by atoms with E-state index in [9.17, 15) is 19.2 Å². The lowest BCUT2D eigenvalue weighted by Gasteiger charge is -2.16. The Bertz CT molecular complexity index is 1180. The van der Waals surface area contributed by atoms with E-state index in [0.29, 0.717) is 19.0 Å². The first-order valence-corrected chi connectivity index (χ1v) is 11.3. The van der Waals surface area contributed by atoms with E-state index in [1.807, 2.05) is 20.8 Å². The van der Waals surface area contributed by atoms with Gasteiger partial charge in [0.1, 0.15) is 11.4 Å². The maximum atomic E-state index is 12.8. The molecule has 1 heterocycles. The Labute approximate surface area is 202 Å². The molecule has 0 saturated heterocycles. The Kier molecular flexibility index (Phi) is 9.31. The summed E-state index contributed by atoms with van der Waals surface area (Å²) < 4.78 is 18.2. The number of carbonyl (C=O) groups excluding carboxylic acids is 2. The van der Waals surface area contributed by atoms with Gasteiger partial charge in [0.15, 0.2) is 18.1 Å². The molecule has 0 saturated carbocycles. The van der Waals surface area contributed by atoms with Crippen LogP contribution >= 0.6 is 11.6 Å². The van der Waals surface area contributed by atoms with Crippen molar-refractivity contribution in [1.82, 2.24) is 9.13 Å². The molecule has 0 atom stereocenters. The summed E-state index contributed by atoms with van der Waals surface area (Å²) in [5.41, 5.74) is 4.13. The highest BCUT2D eigenvalue weighted by Gasteiger charge is 2.24. The first-order chi connectivity index (χ1) is 16.0. The maximum Gasteiger partial charge on any atom is 0.338 e. The smallest absolute Gasteiger partial charge is 0.338 e. The van der Waals surface area contributed by atoms with Gasteiger partial charge in [-0.2, -0.15) is 0 Å². The highest BCUT2D eigenvalue weighted by atomic mass is 35.5. The van der Waals surface area contributed by atoms with E-state index in [-0.39, 0.29) is 34.6 Å². The quantitative estimate of drug-likeness (QED) is 0.371. The molecule has 2 rings (SSSR count). The molecule has 0 aliphatic rings. The predicted octanol–water partition coefficient (Wildman–Crippen LogP) is 2.67. The van der Waals surface area contributed by atoms with Gasteiger partial charge in [-0.1, -0.05) is 32.4 Å². The second kappa shape index (κ2) is 11.7. The molecule has 34 heavy (non-hydrogen) atoms. The van der Waals surface area contributed by atoms with Crippen molar-refractivity contribution in [3.8, 4) is 11.5 Å². The van der Waals surface area contributed by atoms with Gasteiger partial charge in [0.2, 0.25) is 5.78 Å². The van der Waals surface area contributed by atoms with Crippen LogP contribution in [0.2, 0.25) is 5.02 Å². The third-order valence-electron chi connectivity index (χ3n) is 4.74. The summed E-state index contributed by atoms with van der Waals surface area (Å²) in [6, 6.07) is 2.75. The van der Waals surface area contributed by atoms with Crippen molar-refractivity contribution in [1.29, 1.82) is 0 Å². The number of aromatic nitrogens is 2. The molecule has 1 aromatic heterocycles. The number of benzene rings is 1. The van der Waals surface area contributed by atoms with Gasteiger partial charge in [0.25, 0.3) is 5.56 Å². The number of rotatable bonds is 11. The number of halogens is 1. The Morgan fingerprint density at radius 3 is 2.41 bits per heavy atom. The largest absolute Gasteiger partial charge is 0.490 e. The normalized spacial score (nSPS) is 10.9. The fraction of sp³-hybridized carbons (Fsp3) is 0.478. The molecule has 2 aromatic rings. The first kappa shape index (κ1) is 27.0. The average Bonchev–Trinajstić information content (AvgIpc) is 2.78. The van der Waals surface area contributed by atoms with Gasteiger partial charge in [0.05, 0.1) is 23.8 Å². The van der Waals surface area contributed by atoms with Gasteiger partial charge in [-0.25, -0.2) is 9.59 Å². The van der Waals surface area contributed by atoms with E-state index in [0.717, 1.165) is 15.6 Å². The number of hydrogen-bond donors (Lipinski definition) is 1. The van der Waals surface area contributed by atoms with Crippen molar-refractivity contribution in [3.05, 3.63) is 49.1 Å². The summed E-state index contributed by atoms with van der Waals surface area (Å²) in [6.45, 7) is 7.60. The van der Waals surface area contributed by atoms with Crippen molar-refractivity contribution in [2.24, 2.45) is 13.0 Å². The van der Waals surface area contributed by atoms with Gasteiger partial charge < -0.3 is 19.9 Å². The molecule has 2 N–H and O–H groups in total. The number of nitrogen functional groups attached to an aromatic ring is 1. The zero-order valence-corrected chi connectivity index (χ0v) is 20.7. The van der Waals surface area contributed by atoms with Crippen LogP contribution in [0.4, 0.5) is 5.82 Å². The highest BCUT2D eigenvalue weighted by molar-refractivity contribution is 6.32. The molecule has 0 aliphatic heterocycles. The van der Waals surface area contributed by atoms with Crippen LogP contribution in [0.15, 0.2) is 21.7 Å². The van der Waals surface area contributed by atoms with Gasteiger partial charge in [0, 0.05) is 13.6 Å². The van der Waals surface area contributed by atoms with Gasteiger partial charge in [-0.15, -0.1) is 0 Å². The standard InChI is InChI=1S/C23H30ClN3O7/c1-6-8-33-19-15(24)9-14(10-17(19)32-7-2)22(30)34-12-16(28)18-20(25)27(11-13(3)4)23(31)26(5)21(18)29/h9-10,13H,6-8,11-12,25H2,1-5H3. The van der Waals surface area contributed by atoms with Crippen molar-refractivity contribution in [2.45, 2.75) is 40.7 Å². The fourth-order valence-corrected chi connectivity index (χ4v) is 3.43. The molecule has 0 fully saturated rings. The number of ketones is 1. The molecule has 0 unspecified atom stereocenters. The molecule has 0 bridgehead atoms. The zero-order valence-electron chi connectivity index (χ0n) is 20.0. The van der Waals surface area contributed by atoms with Crippen molar-refractivity contribution >= 4 is 29.2 Å². The number of carbonyl (C=O) groups is 2. The number of ether oxygens (including phenoxy) is 3. The molecular formula is C23H30ClN3O7. The van der Waals surface area contributed by atoms with Crippen molar-refractivity contribution < 1.29 is 23.8 Å². The van der Waals surface area contributed by atoms with E-state index in [2.05, 4.69) is 0 Å². The minimum absolute atomic E-state index is 0.0341. The third kappa shape index (κ3) is 5.99. The molecule has 0 amide bonds. The van der Waals surface area contributed by atoms with E-state index in [1.165, 1.54) is 19.2 Å². The van der Waals surface area contributed by atoms with Crippen LogP contribution in [-0.2, 0) is 18.3 Å². The summed E-state index contributed by atoms with van der Waals surface area (Å²) in [7, 11) is 1.25. The van der Waals surface area contributed by atoms with Crippen molar-refractivity contribution in [2.75, 3.05) is 25.6 Å². The molecule has 10 nitrogen and oxygen atoms in total. The van der Waals surface area contributed by atoms with E-state index < -0.39 is 35.2 Å². The number of hydrogen-bond acceptors (Lipinski definition) is 8. The van der Waals surface area contributed by atoms with Crippen LogP contribution in [0.1, 0.15) is 54.8 Å². The van der Waals surface area contributed by atoms with Crippen LogP contribution in [0.5, 0.6) is 11.5 Å². The highest BCUT2D eigenvalue weighted by Crippen LogP contribution is 2.37. The summed E-state index contributed by atoms with van der Waals surface area (Å²) in [5.74, 6) is -1.34. The Hall–Kier alpha value is -3.27. The van der Waals surface area contributed by atoms with Crippen LogP contribution < -0.4 is 26.5 Å². The minimum atomic E-state index is -0.859. The third-order valence-corrected chi connectivity index (χ3v) is 5.02. The number of Topliss-reactive ketones (excluding diaryl/α,β-unsaturated/α-hetero) is 1. The van der Waals surface area contributed by atoms with Crippen LogP contribution in [0.25, 0.3) is 0 Å². The minimum Gasteiger partial charge on any atom is -0.490 e.